The molecule has 466 valence electrons. The van der Waals surface area contributed by atoms with Crippen LogP contribution in [-0.4, -0.2) is 99.6 Å². The van der Waals surface area contributed by atoms with Crippen LogP contribution in [0.2, 0.25) is 0 Å². The largest absolute Gasteiger partial charge is 0.454 e. The quantitative estimate of drug-likeness (QED) is 0.0195. The predicted octanol–water partition coefficient (Wildman–Crippen LogP) is 16.6. The number of carbonyl (C=O) groups is 2. The fourth-order valence-electron chi connectivity index (χ4n) is 10.3. The molecule has 1 fully saturated rings. The highest BCUT2D eigenvalue weighted by atomic mass is 16.7. The van der Waals surface area contributed by atoms with Gasteiger partial charge in [0.25, 0.3) is 0 Å². The Morgan fingerprint density at radius 1 is 0.487 bits per heavy atom. The van der Waals surface area contributed by atoms with Crippen LogP contribution in [0.15, 0.2) is 60.8 Å². The van der Waals surface area contributed by atoms with E-state index < -0.39 is 67.4 Å². The van der Waals surface area contributed by atoms with Gasteiger partial charge in [-0.3, -0.25) is 9.59 Å². The van der Waals surface area contributed by atoms with Crippen molar-refractivity contribution in [3.63, 3.8) is 0 Å². The first-order valence-electron chi connectivity index (χ1n) is 33.6. The van der Waals surface area contributed by atoms with Gasteiger partial charge in [0.2, 0.25) is 5.91 Å². The summed E-state index contributed by atoms with van der Waals surface area (Å²) in [7, 11) is 0. The second-order valence-corrected chi connectivity index (χ2v) is 23.2. The molecule has 1 rings (SSSR count). The minimum Gasteiger partial charge on any atom is -0.454 e. The SMILES string of the molecule is CCCCC/C=C\C/C=C\C/C=C\CCCCCCCCC(=O)OC1C(OCC(NC(=O)C(O)CCCCCCCCCCCC/C=C/CCCCCCCC)C(O)/C=C/CCCCCCCCCCCC)OC(CO)C(O)C1O. The summed E-state index contributed by atoms with van der Waals surface area (Å²) in [5.41, 5.74) is 0. The van der Waals surface area contributed by atoms with Crippen LogP contribution in [0, 0.1) is 0 Å². The van der Waals surface area contributed by atoms with Crippen LogP contribution in [0.1, 0.15) is 303 Å². The number of allylic oxidation sites excluding steroid dienone is 9. The molecule has 0 radical (unpaired) electrons. The van der Waals surface area contributed by atoms with Crippen molar-refractivity contribution in [3.05, 3.63) is 60.8 Å². The summed E-state index contributed by atoms with van der Waals surface area (Å²) in [4.78, 5) is 26.6. The molecule has 0 saturated carbocycles. The van der Waals surface area contributed by atoms with Crippen molar-refractivity contribution in [2.24, 2.45) is 0 Å². The van der Waals surface area contributed by atoms with Gasteiger partial charge in [-0.05, 0) is 89.9 Å². The summed E-state index contributed by atoms with van der Waals surface area (Å²) in [6, 6.07) is -1.03. The zero-order valence-electron chi connectivity index (χ0n) is 51.7. The van der Waals surface area contributed by atoms with Gasteiger partial charge in [0.15, 0.2) is 12.4 Å². The second kappa shape index (κ2) is 56.8. The molecule has 8 atom stereocenters. The molecule has 8 unspecified atom stereocenters. The van der Waals surface area contributed by atoms with Gasteiger partial charge >= 0.3 is 5.97 Å². The molecule has 80 heavy (non-hydrogen) atoms. The van der Waals surface area contributed by atoms with Crippen LogP contribution in [-0.2, 0) is 23.8 Å². The molecule has 0 spiro atoms. The van der Waals surface area contributed by atoms with Crippen LogP contribution in [0.3, 0.4) is 0 Å². The van der Waals surface area contributed by atoms with E-state index in [9.17, 15) is 35.1 Å². The van der Waals surface area contributed by atoms with E-state index in [-0.39, 0.29) is 19.4 Å². The smallest absolute Gasteiger partial charge is 0.306 e. The first-order chi connectivity index (χ1) is 39.2. The molecule has 1 amide bonds. The summed E-state index contributed by atoms with van der Waals surface area (Å²) in [6.45, 7) is 5.77. The molecule has 1 saturated heterocycles. The molecule has 1 aliphatic rings. The van der Waals surface area contributed by atoms with E-state index in [1.54, 1.807) is 6.08 Å². The number of esters is 1. The van der Waals surface area contributed by atoms with E-state index in [4.69, 9.17) is 14.2 Å². The Morgan fingerprint density at radius 2 is 0.863 bits per heavy atom. The number of amides is 1. The van der Waals surface area contributed by atoms with Gasteiger partial charge in [-0.15, -0.1) is 0 Å². The molecule has 1 aliphatic heterocycles. The molecule has 0 aliphatic carbocycles. The summed E-state index contributed by atoms with van der Waals surface area (Å²) in [5.74, 6) is -1.20. The Kier molecular flexibility index (Phi) is 53.5. The number of carbonyl (C=O) groups excluding carboxylic acids is 2. The van der Waals surface area contributed by atoms with Gasteiger partial charge in [-0.2, -0.15) is 0 Å². The lowest BCUT2D eigenvalue weighted by Gasteiger charge is -2.41. The number of unbranched alkanes of at least 4 members (excludes halogenated alkanes) is 35. The summed E-state index contributed by atoms with van der Waals surface area (Å²) < 4.78 is 17.6. The molecule has 0 aromatic heterocycles. The Balaban J connectivity index is 2.64. The van der Waals surface area contributed by atoms with Crippen LogP contribution >= 0.6 is 0 Å². The average Bonchev–Trinajstić information content (AvgIpc) is 3.48. The van der Waals surface area contributed by atoms with Crippen molar-refractivity contribution < 1.29 is 49.3 Å². The van der Waals surface area contributed by atoms with E-state index in [2.05, 4.69) is 74.7 Å². The summed E-state index contributed by atoms with van der Waals surface area (Å²) in [5, 5.41) is 57.1. The number of ether oxygens (including phenoxy) is 3. The lowest BCUT2D eigenvalue weighted by Crippen LogP contribution is -2.61. The van der Waals surface area contributed by atoms with Gasteiger partial charge < -0.3 is 45.1 Å². The molecular formula is C69H125NO10. The van der Waals surface area contributed by atoms with Crippen molar-refractivity contribution >= 4 is 11.9 Å². The van der Waals surface area contributed by atoms with Crippen LogP contribution < -0.4 is 5.32 Å². The minimum atomic E-state index is -1.62. The van der Waals surface area contributed by atoms with Gasteiger partial charge in [0.05, 0.1) is 25.4 Å². The molecule has 0 aromatic carbocycles. The van der Waals surface area contributed by atoms with E-state index in [0.29, 0.717) is 12.8 Å². The first kappa shape index (κ1) is 75.4. The third-order valence-corrected chi connectivity index (χ3v) is 15.6. The highest BCUT2D eigenvalue weighted by molar-refractivity contribution is 5.80. The third kappa shape index (κ3) is 44.0. The highest BCUT2D eigenvalue weighted by Crippen LogP contribution is 2.26. The van der Waals surface area contributed by atoms with Crippen molar-refractivity contribution in [2.75, 3.05) is 13.2 Å². The van der Waals surface area contributed by atoms with Gasteiger partial charge in [-0.25, -0.2) is 0 Å². The number of aliphatic hydroxyl groups excluding tert-OH is 5. The topological polar surface area (TPSA) is 175 Å². The number of aliphatic hydroxyl groups is 5. The Bertz CT molecular complexity index is 1530. The zero-order valence-corrected chi connectivity index (χ0v) is 51.7. The Morgan fingerprint density at radius 3 is 1.32 bits per heavy atom. The normalized spacial score (nSPS) is 19.1. The van der Waals surface area contributed by atoms with Crippen LogP contribution in [0.4, 0.5) is 0 Å². The summed E-state index contributed by atoms with van der Waals surface area (Å²) in [6.07, 6.45) is 61.1. The zero-order chi connectivity index (χ0) is 58.2. The van der Waals surface area contributed by atoms with Crippen molar-refractivity contribution in [2.45, 2.75) is 352 Å². The molecule has 11 heteroatoms. The van der Waals surface area contributed by atoms with E-state index in [1.165, 1.54) is 167 Å². The van der Waals surface area contributed by atoms with Crippen molar-refractivity contribution in [3.8, 4) is 0 Å². The number of hydrogen-bond donors (Lipinski definition) is 6. The fraction of sp³-hybridized carbons (Fsp3) is 0.826. The lowest BCUT2D eigenvalue weighted by molar-refractivity contribution is -0.305. The molecule has 0 bridgehead atoms. The van der Waals surface area contributed by atoms with E-state index in [0.717, 1.165) is 89.9 Å². The van der Waals surface area contributed by atoms with Crippen LogP contribution in [0.25, 0.3) is 0 Å². The number of nitrogens with one attached hydrogen (secondary N) is 1. The number of rotatable bonds is 57. The molecule has 6 N–H and O–H groups in total. The van der Waals surface area contributed by atoms with Crippen molar-refractivity contribution in [1.29, 1.82) is 0 Å². The Labute approximate surface area is 490 Å². The van der Waals surface area contributed by atoms with Gasteiger partial charge in [0.1, 0.15) is 24.4 Å². The van der Waals surface area contributed by atoms with Gasteiger partial charge in [-0.1, -0.05) is 268 Å². The van der Waals surface area contributed by atoms with Crippen molar-refractivity contribution in [1.82, 2.24) is 5.32 Å². The summed E-state index contributed by atoms with van der Waals surface area (Å²) >= 11 is 0. The maximum Gasteiger partial charge on any atom is 0.306 e. The monoisotopic (exact) mass is 1130 g/mol. The van der Waals surface area contributed by atoms with Gasteiger partial charge in [0, 0.05) is 6.42 Å². The van der Waals surface area contributed by atoms with E-state index in [1.807, 2.05) is 6.08 Å². The minimum absolute atomic E-state index is 0.108. The maximum absolute atomic E-state index is 13.5. The second-order valence-electron chi connectivity index (χ2n) is 23.2. The fourth-order valence-corrected chi connectivity index (χ4v) is 10.3. The average molecular weight is 1130 g/mol. The van der Waals surface area contributed by atoms with E-state index >= 15 is 0 Å². The highest BCUT2D eigenvalue weighted by Gasteiger charge is 2.47. The number of hydrogen-bond acceptors (Lipinski definition) is 10. The first-order valence-corrected chi connectivity index (χ1v) is 33.6. The van der Waals surface area contributed by atoms with Crippen LogP contribution in [0.5, 0.6) is 0 Å². The maximum atomic E-state index is 13.5. The lowest BCUT2D eigenvalue weighted by atomic mass is 9.99. The molecular weight excluding hydrogens is 1000 g/mol. The predicted molar refractivity (Wildman–Crippen MR) is 333 cm³/mol. The molecule has 1 heterocycles. The standard InChI is InChI=1S/C69H125NO10/c1-4-7-10-13-16-19-22-25-27-29-31-33-34-36-38-41-44-47-50-53-56-62(73)68(77)70-60(61(72)55-52-49-46-43-40-24-21-18-15-12-9-6-3)59-78-69-67(66(76)65(75)63(58-71)79-69)80-64(74)57-54-51-48-45-42-39-37-35-32-30-28-26-23-20-17-14-11-8-5-2/h17,20,25-28,32,35,52,55,60-63,65-67,69,71-73,75-76H,4-16,18-19,21-24,29-31,33-34,36-51,53-54,56-59H2,1-3H3,(H,70,77)/b20-17-,27-25+,28-26-,35-32-,55-52+. The Hall–Kier alpha value is -2.64. The third-order valence-electron chi connectivity index (χ3n) is 15.6. The molecule has 0 aromatic rings. The molecule has 11 nitrogen and oxygen atoms in total.